The van der Waals surface area contributed by atoms with Gasteiger partial charge in [0.05, 0.1) is 0 Å². The summed E-state index contributed by atoms with van der Waals surface area (Å²) < 4.78 is 4.04. The van der Waals surface area contributed by atoms with Gasteiger partial charge in [0.15, 0.2) is 0 Å². The number of carbonyl (C=O) groups is 1. The van der Waals surface area contributed by atoms with E-state index in [0.717, 1.165) is 12.8 Å². The van der Waals surface area contributed by atoms with E-state index in [9.17, 15) is 9.90 Å². The fourth-order valence-corrected chi connectivity index (χ4v) is 5.89. The second kappa shape index (κ2) is 7.30. The lowest BCUT2D eigenvalue weighted by molar-refractivity contribution is -0.0458. The molecular weight excluding hydrogens is 445 g/mol. The van der Waals surface area contributed by atoms with Crippen LogP contribution in [0.15, 0.2) is 48.5 Å². The molecule has 1 aliphatic carbocycles. The van der Waals surface area contributed by atoms with Gasteiger partial charge in [0.25, 0.3) is 0 Å². The molecule has 2 bridgehead atoms. The number of hydrogen-bond acceptors (Lipinski definition) is 3. The minimum Gasteiger partial charge on any atom is -0.448 e. The number of alkyl halides is 3. The molecule has 1 unspecified atom stereocenters. The quantitative estimate of drug-likeness (QED) is 0.581. The highest BCUT2D eigenvalue weighted by Crippen LogP contribution is 2.51. The van der Waals surface area contributed by atoms with Gasteiger partial charge in [0.2, 0.25) is 3.79 Å². The zero-order valence-corrected chi connectivity index (χ0v) is 18.5. The molecule has 4 nitrogen and oxygen atoms in total. The topological polar surface area (TPSA) is 49.8 Å². The number of piperidine rings is 1. The molecule has 2 heterocycles. The number of benzene rings is 2. The molecule has 2 aromatic carbocycles. The number of carbonyl (C=O) groups excluding carboxylic acids is 1. The molecule has 5 rings (SSSR count). The molecule has 0 saturated carbocycles. The number of fused-ring (bicyclic) bond motifs is 5. The molecule has 0 spiro atoms. The zero-order valence-electron chi connectivity index (χ0n) is 16.2. The summed E-state index contributed by atoms with van der Waals surface area (Å²) in [6, 6.07) is 16.1. The van der Waals surface area contributed by atoms with Crippen LogP contribution >= 0.6 is 34.8 Å². The highest BCUT2D eigenvalue weighted by atomic mass is 35.6. The molecule has 3 atom stereocenters. The number of halogens is 3. The van der Waals surface area contributed by atoms with Crippen LogP contribution in [0.1, 0.15) is 42.7 Å². The van der Waals surface area contributed by atoms with Gasteiger partial charge in [0.1, 0.15) is 12.2 Å². The Morgan fingerprint density at radius 3 is 2.00 bits per heavy atom. The van der Waals surface area contributed by atoms with Gasteiger partial charge in [-0.15, -0.1) is 0 Å². The zero-order chi connectivity index (χ0) is 21.1. The molecule has 0 radical (unpaired) electrons. The van der Waals surface area contributed by atoms with Crippen LogP contribution in [0.2, 0.25) is 0 Å². The molecule has 2 aromatic rings. The van der Waals surface area contributed by atoms with E-state index in [1.54, 1.807) is 4.90 Å². The number of aliphatic hydroxyl groups is 1. The second-order valence-electron chi connectivity index (χ2n) is 8.53. The lowest BCUT2D eigenvalue weighted by Gasteiger charge is -2.46. The Kier molecular flexibility index (Phi) is 4.98. The van der Waals surface area contributed by atoms with Gasteiger partial charge in [0, 0.05) is 30.8 Å². The van der Waals surface area contributed by atoms with Gasteiger partial charge in [-0.25, -0.2) is 4.79 Å². The van der Waals surface area contributed by atoms with Crippen molar-refractivity contribution in [2.75, 3.05) is 6.61 Å². The molecule has 2 aliphatic heterocycles. The van der Waals surface area contributed by atoms with E-state index in [2.05, 4.69) is 24.3 Å². The van der Waals surface area contributed by atoms with Crippen molar-refractivity contribution in [2.45, 2.75) is 53.1 Å². The van der Waals surface area contributed by atoms with Crippen molar-refractivity contribution in [1.82, 2.24) is 4.90 Å². The molecule has 7 heteroatoms. The third-order valence-electron chi connectivity index (χ3n) is 6.84. The Hall–Kier alpha value is -1.46. The Labute approximate surface area is 190 Å². The third kappa shape index (κ3) is 3.20. The predicted octanol–water partition coefficient (Wildman–Crippen LogP) is 5.66. The normalized spacial score (nSPS) is 27.7. The lowest BCUT2D eigenvalue weighted by Crippen LogP contribution is -2.58. The van der Waals surface area contributed by atoms with Gasteiger partial charge in [-0.05, 0) is 35.1 Å². The van der Waals surface area contributed by atoms with E-state index in [4.69, 9.17) is 39.5 Å². The van der Waals surface area contributed by atoms with Crippen LogP contribution < -0.4 is 0 Å². The highest BCUT2D eigenvalue weighted by Gasteiger charge is 2.57. The molecule has 158 valence electrons. The summed E-state index contributed by atoms with van der Waals surface area (Å²) in [6.07, 6.45) is 1.68. The predicted molar refractivity (Wildman–Crippen MR) is 118 cm³/mol. The summed E-state index contributed by atoms with van der Waals surface area (Å²) in [5, 5.41) is 10.8. The number of ether oxygens (including phenoxy) is 1. The molecule has 2 fully saturated rings. The van der Waals surface area contributed by atoms with Crippen molar-refractivity contribution in [3.05, 3.63) is 59.7 Å². The summed E-state index contributed by atoms with van der Waals surface area (Å²) in [4.78, 5) is 14.8. The van der Waals surface area contributed by atoms with Crippen LogP contribution in [0, 0.1) is 0 Å². The van der Waals surface area contributed by atoms with Crippen molar-refractivity contribution in [1.29, 1.82) is 0 Å². The first kappa shape index (κ1) is 20.4. The third-order valence-corrected chi connectivity index (χ3v) is 7.90. The number of rotatable bonds is 2. The smallest absolute Gasteiger partial charge is 0.410 e. The summed E-state index contributed by atoms with van der Waals surface area (Å²) >= 11 is 18.1. The van der Waals surface area contributed by atoms with Gasteiger partial charge < -0.3 is 14.7 Å². The van der Waals surface area contributed by atoms with Gasteiger partial charge >= 0.3 is 6.09 Å². The van der Waals surface area contributed by atoms with Crippen molar-refractivity contribution in [3.63, 3.8) is 0 Å². The Morgan fingerprint density at radius 2 is 1.50 bits per heavy atom. The minimum absolute atomic E-state index is 0.0156. The van der Waals surface area contributed by atoms with Crippen molar-refractivity contribution >= 4 is 40.9 Å². The highest BCUT2D eigenvalue weighted by molar-refractivity contribution is 6.68. The summed E-state index contributed by atoms with van der Waals surface area (Å²) in [5.74, 6) is 0.0156. The van der Waals surface area contributed by atoms with E-state index in [-0.39, 0.29) is 43.5 Å². The first-order chi connectivity index (χ1) is 14.3. The van der Waals surface area contributed by atoms with E-state index in [0.29, 0.717) is 0 Å². The number of hydrogen-bond donors (Lipinski definition) is 1. The molecule has 30 heavy (non-hydrogen) atoms. The maximum Gasteiger partial charge on any atom is 0.410 e. The largest absolute Gasteiger partial charge is 0.448 e. The Bertz CT molecular complexity index is 930. The first-order valence-electron chi connectivity index (χ1n) is 10.2. The van der Waals surface area contributed by atoms with Crippen LogP contribution in [0.4, 0.5) is 4.79 Å². The number of nitrogens with zero attached hydrogens (tertiary/aromatic N) is 1. The maximum atomic E-state index is 13.0. The van der Waals surface area contributed by atoms with Crippen molar-refractivity contribution in [2.24, 2.45) is 0 Å². The average molecular weight is 467 g/mol. The summed E-state index contributed by atoms with van der Waals surface area (Å²) in [5.41, 5.74) is 3.32. The van der Waals surface area contributed by atoms with Crippen LogP contribution in [0.3, 0.4) is 0 Å². The molecule has 2 saturated heterocycles. The molecule has 1 N–H and O–H groups in total. The molecule has 3 aliphatic rings. The van der Waals surface area contributed by atoms with E-state index in [1.807, 2.05) is 24.3 Å². The average Bonchev–Trinajstić information content (AvgIpc) is 3.18. The van der Waals surface area contributed by atoms with Crippen LogP contribution in [-0.4, -0.2) is 44.2 Å². The molecule has 1 amide bonds. The van der Waals surface area contributed by atoms with Gasteiger partial charge in [-0.2, -0.15) is 0 Å². The Morgan fingerprint density at radius 1 is 1.00 bits per heavy atom. The molecule has 0 aromatic heterocycles. The number of amides is 1. The van der Waals surface area contributed by atoms with Crippen LogP contribution in [0.25, 0.3) is 11.1 Å². The van der Waals surface area contributed by atoms with E-state index < -0.39 is 9.39 Å². The van der Waals surface area contributed by atoms with Gasteiger partial charge in [-0.1, -0.05) is 83.3 Å². The SMILES string of the molecule is O=C(OCC1c2ccccc2-c2ccccc21)N1[C@@H]2CC[C@H]1CC(O)(C(Cl)(Cl)Cl)C2. The van der Waals surface area contributed by atoms with E-state index in [1.165, 1.54) is 22.3 Å². The Balaban J connectivity index is 1.32. The first-order valence-corrected chi connectivity index (χ1v) is 11.3. The maximum absolute atomic E-state index is 13.0. The summed E-state index contributed by atoms with van der Waals surface area (Å²) in [6.45, 7) is 0.275. The van der Waals surface area contributed by atoms with Crippen LogP contribution in [0.5, 0.6) is 0 Å². The molecular formula is C23H22Cl3NO3. The van der Waals surface area contributed by atoms with Crippen molar-refractivity contribution < 1.29 is 14.6 Å². The van der Waals surface area contributed by atoms with Crippen LogP contribution in [-0.2, 0) is 4.74 Å². The fourth-order valence-electron chi connectivity index (χ4n) is 5.42. The standard InChI is InChI=1S/C23H22Cl3NO3/c24-23(25,26)22(29)11-14-9-10-15(12-22)27(14)21(28)30-13-20-18-7-3-1-5-16(18)17-6-2-4-8-19(17)20/h1-8,14-15,20,29H,9-13H2/t14-,15+,22?. The summed E-state index contributed by atoms with van der Waals surface area (Å²) in [7, 11) is 0. The van der Waals surface area contributed by atoms with Gasteiger partial charge in [-0.3, -0.25) is 0 Å². The lowest BCUT2D eigenvalue weighted by atomic mass is 9.87. The fraction of sp³-hybridized carbons (Fsp3) is 0.435. The van der Waals surface area contributed by atoms with Crippen molar-refractivity contribution in [3.8, 4) is 11.1 Å². The monoisotopic (exact) mass is 465 g/mol. The second-order valence-corrected chi connectivity index (χ2v) is 10.8. The minimum atomic E-state index is -1.78. The van der Waals surface area contributed by atoms with E-state index >= 15 is 0 Å².